The maximum atomic E-state index is 17.0. The van der Waals surface area contributed by atoms with Gasteiger partial charge in [-0.25, -0.2) is 14.0 Å². The maximum Gasteiger partial charge on any atom is 0.408 e. The number of benzene rings is 1. The van der Waals surface area contributed by atoms with Crippen molar-refractivity contribution < 1.29 is 57.2 Å². The number of pyridine rings is 1. The van der Waals surface area contributed by atoms with Crippen LogP contribution in [0, 0.1) is 17.8 Å². The number of ether oxygens (including phenoxy) is 5. The van der Waals surface area contributed by atoms with Crippen LogP contribution >= 0.6 is 0 Å². The number of nitrogens with zero attached hydrogens (tertiary/aromatic N) is 2. The number of methoxy groups -OCH3 is 1. The highest BCUT2D eigenvalue weighted by Crippen LogP contribution is 2.41. The fraction of sp³-hybridized carbons (Fsp3) is 0.674. The van der Waals surface area contributed by atoms with Gasteiger partial charge in [0.05, 0.1) is 29.4 Å². The molecule has 3 N–H and O–H groups in total. The average Bonchev–Trinajstić information content (AvgIpc) is 3.51. The topological polar surface area (TPSA) is 192 Å². The van der Waals surface area contributed by atoms with Gasteiger partial charge in [0.25, 0.3) is 5.67 Å². The van der Waals surface area contributed by atoms with Gasteiger partial charge in [-0.15, -0.1) is 0 Å². The highest BCUT2D eigenvalue weighted by atomic mass is 19.1. The third-order valence-electron chi connectivity index (χ3n) is 12.7. The van der Waals surface area contributed by atoms with Gasteiger partial charge in [-0.2, -0.15) is 0 Å². The largest absolute Gasteiger partial charge is 0.455 e. The number of aliphatic hydroxyl groups excluding tert-OH is 1. The van der Waals surface area contributed by atoms with Crippen LogP contribution in [0.2, 0.25) is 0 Å². The van der Waals surface area contributed by atoms with Gasteiger partial charge in [0.2, 0.25) is 5.91 Å². The first-order chi connectivity index (χ1) is 27.6. The molecule has 0 bridgehead atoms. The predicted octanol–water partition coefficient (Wildman–Crippen LogP) is 3.85. The molecule has 4 heterocycles. The lowest BCUT2D eigenvalue weighted by Crippen LogP contribution is -2.61. The molecular formula is C43H61FN4O11. The first-order valence-electron chi connectivity index (χ1n) is 20.4. The first kappa shape index (κ1) is 46.0. The summed E-state index contributed by atoms with van der Waals surface area (Å²) in [5, 5.41) is 17.8. The van der Waals surface area contributed by atoms with Gasteiger partial charge in [0.1, 0.15) is 18.0 Å². The molecule has 6 unspecified atom stereocenters. The molecule has 13 atom stereocenters. The minimum absolute atomic E-state index is 0.0408. The number of hydrogen-bond acceptors (Lipinski definition) is 13. The number of para-hydroxylation sites is 1. The molecule has 2 aromatic rings. The molecule has 3 saturated heterocycles. The molecule has 0 spiro atoms. The lowest BCUT2D eigenvalue weighted by Gasteiger charge is -2.47. The van der Waals surface area contributed by atoms with Gasteiger partial charge in [0, 0.05) is 61.9 Å². The van der Waals surface area contributed by atoms with Crippen molar-refractivity contribution in [2.45, 2.75) is 140 Å². The van der Waals surface area contributed by atoms with E-state index in [1.807, 2.05) is 42.2 Å². The van der Waals surface area contributed by atoms with E-state index in [1.54, 1.807) is 41.1 Å². The third-order valence-corrected chi connectivity index (χ3v) is 12.7. The highest BCUT2D eigenvalue weighted by Gasteiger charge is 2.59. The Morgan fingerprint density at radius 2 is 1.76 bits per heavy atom. The molecule has 2 amide bonds. The molecule has 16 heteroatoms. The molecule has 0 saturated carbocycles. The zero-order valence-electron chi connectivity index (χ0n) is 35.8. The van der Waals surface area contributed by atoms with Crippen molar-refractivity contribution in [3.8, 4) is 0 Å². The quantitative estimate of drug-likeness (QED) is 0.232. The number of esters is 1. The summed E-state index contributed by atoms with van der Waals surface area (Å²) in [4.78, 5) is 75.0. The molecule has 3 fully saturated rings. The normalized spacial score (nSPS) is 37.3. The molecule has 0 aliphatic carbocycles. The fourth-order valence-electron chi connectivity index (χ4n) is 9.10. The van der Waals surface area contributed by atoms with Crippen LogP contribution < -0.4 is 10.6 Å². The predicted molar refractivity (Wildman–Crippen MR) is 214 cm³/mol. The molecule has 326 valence electrons. The third kappa shape index (κ3) is 9.62. The van der Waals surface area contributed by atoms with Crippen molar-refractivity contribution in [2.24, 2.45) is 17.8 Å². The number of Topliss-reactive ketones (excluding diaryl/α,β-unsaturated/α-hetero) is 2. The van der Waals surface area contributed by atoms with Gasteiger partial charge in [0.15, 0.2) is 17.7 Å². The highest BCUT2D eigenvalue weighted by molar-refractivity contribution is 6.08. The summed E-state index contributed by atoms with van der Waals surface area (Å²) in [5.41, 5.74) is -4.74. The number of cyclic esters (lactones) is 1. The number of alkyl halides is 1. The van der Waals surface area contributed by atoms with Crippen molar-refractivity contribution in [1.29, 1.82) is 0 Å². The van der Waals surface area contributed by atoms with Crippen LogP contribution in [0.3, 0.4) is 0 Å². The minimum Gasteiger partial charge on any atom is -0.455 e. The zero-order chi connectivity index (χ0) is 43.6. The summed E-state index contributed by atoms with van der Waals surface area (Å²) < 4.78 is 47.1. The number of hydrogen-bond donors (Lipinski definition) is 3. The van der Waals surface area contributed by atoms with Crippen LogP contribution in [0.25, 0.3) is 10.9 Å². The summed E-state index contributed by atoms with van der Waals surface area (Å²) in [5.74, 6) is -6.52. The van der Waals surface area contributed by atoms with Crippen molar-refractivity contribution in [2.75, 3.05) is 27.7 Å². The first-order valence-corrected chi connectivity index (χ1v) is 20.4. The van der Waals surface area contributed by atoms with Crippen LogP contribution in [-0.2, 0) is 49.3 Å². The van der Waals surface area contributed by atoms with Crippen molar-refractivity contribution >= 4 is 40.4 Å². The summed E-state index contributed by atoms with van der Waals surface area (Å²) >= 11 is 0. The number of aromatic nitrogens is 1. The number of carbonyl (C=O) groups is 5. The van der Waals surface area contributed by atoms with E-state index in [0.717, 1.165) is 23.4 Å². The molecule has 5 rings (SSSR count). The molecule has 0 radical (unpaired) electrons. The number of halogens is 1. The van der Waals surface area contributed by atoms with Crippen LogP contribution in [0.5, 0.6) is 0 Å². The standard InChI is InChI=1S/C43H61FN4O11/c1-23-22-41(5,55-10)37(58-38-34(51)30(48(8)9)21-24(2)56-38)26(4)36(52)42(6,44)39(53)57-31(43(7)35(25(3)33(23)50)47-40(54)59-43)18-20-46-32(49)16-15-27-17-19-45-29-14-12-11-13-28(27)29/h11-14,17,19,23-26,30-31,34-35,37-38,51H,15-16,18,20-22H2,1-10H3,(H,46,49)(H,47,54)/t23-,24?,25+,26+,30?,31-,34?,35?,37?,38?,41-,42+,43-/m1/s1. The number of alkyl carbamates (subject to hydrolysis) is 1. The second kappa shape index (κ2) is 18.3. The lowest BCUT2D eigenvalue weighted by atomic mass is 9.73. The number of ketones is 2. The summed E-state index contributed by atoms with van der Waals surface area (Å²) in [7, 11) is 4.98. The van der Waals surface area contributed by atoms with Crippen LogP contribution in [0.4, 0.5) is 9.18 Å². The van der Waals surface area contributed by atoms with E-state index in [4.69, 9.17) is 23.7 Å². The number of carbonyl (C=O) groups excluding carboxylic acids is 5. The van der Waals surface area contributed by atoms with E-state index >= 15 is 4.39 Å². The Morgan fingerprint density at radius 1 is 1.07 bits per heavy atom. The number of aryl methyl sites for hydroxylation is 1. The number of rotatable bonds is 10. The van der Waals surface area contributed by atoms with Crippen LogP contribution in [-0.4, -0.2) is 132 Å². The van der Waals surface area contributed by atoms with Crippen LogP contribution in [0.1, 0.15) is 79.7 Å². The van der Waals surface area contributed by atoms with Crippen molar-refractivity contribution in [3.05, 3.63) is 42.1 Å². The van der Waals surface area contributed by atoms with Gasteiger partial charge < -0.3 is 44.3 Å². The lowest BCUT2D eigenvalue weighted by molar-refractivity contribution is -0.295. The number of amides is 2. The van der Waals surface area contributed by atoms with Gasteiger partial charge >= 0.3 is 12.1 Å². The Bertz CT molecular complexity index is 1870. The number of likely N-dealkylation sites (N-methyl/N-ethyl adjacent to an activating group) is 1. The van der Waals surface area contributed by atoms with Crippen LogP contribution in [0.15, 0.2) is 36.5 Å². The molecule has 1 aromatic carbocycles. The van der Waals surface area contributed by atoms with Gasteiger partial charge in [-0.1, -0.05) is 39.0 Å². The van der Waals surface area contributed by atoms with Crippen molar-refractivity contribution in [3.63, 3.8) is 0 Å². The monoisotopic (exact) mass is 828 g/mol. The van der Waals surface area contributed by atoms with Gasteiger partial charge in [-0.3, -0.25) is 19.4 Å². The number of fused-ring (bicyclic) bond motifs is 2. The van der Waals surface area contributed by atoms with E-state index in [1.165, 1.54) is 21.0 Å². The molecule has 3 aliphatic rings. The second-order valence-electron chi connectivity index (χ2n) is 17.3. The number of nitrogens with one attached hydrogen (secondary N) is 2. The number of aliphatic hydroxyl groups is 1. The van der Waals surface area contributed by atoms with E-state index in [2.05, 4.69) is 15.6 Å². The SMILES string of the molecule is CO[C@]1(C)C[C@@H](C)C(=O)[C@H](C)C2NC(=O)O[C@]2(C)[C@@H](CCNC(=O)CCc2ccnc3ccccc23)OC(=O)[C@@](C)(F)C(=O)[C@H](C)C1OC1OC(C)CC(N(C)C)C1O. The molecule has 3 aliphatic heterocycles. The van der Waals surface area contributed by atoms with E-state index in [-0.39, 0.29) is 49.6 Å². The summed E-state index contributed by atoms with van der Waals surface area (Å²) in [6.07, 6.45) is -3.98. The Kier molecular flexibility index (Phi) is 14.2. The molecule has 1 aromatic heterocycles. The smallest absolute Gasteiger partial charge is 0.408 e. The Morgan fingerprint density at radius 3 is 2.44 bits per heavy atom. The summed E-state index contributed by atoms with van der Waals surface area (Å²) in [6, 6.07) is 7.99. The molecule has 59 heavy (non-hydrogen) atoms. The Hall–Kier alpha value is -4.09. The Labute approximate surface area is 345 Å². The second-order valence-corrected chi connectivity index (χ2v) is 17.3. The fourth-order valence-corrected chi connectivity index (χ4v) is 9.10. The summed E-state index contributed by atoms with van der Waals surface area (Å²) in [6.45, 7) is 10.3. The van der Waals surface area contributed by atoms with Crippen molar-refractivity contribution in [1.82, 2.24) is 20.5 Å². The zero-order valence-corrected chi connectivity index (χ0v) is 35.8. The average molecular weight is 829 g/mol. The Balaban J connectivity index is 1.44. The van der Waals surface area contributed by atoms with E-state index in [9.17, 15) is 29.1 Å². The minimum atomic E-state index is -3.27. The molecular weight excluding hydrogens is 767 g/mol. The van der Waals surface area contributed by atoms with Gasteiger partial charge in [-0.05, 0) is 78.7 Å². The maximum absolute atomic E-state index is 17.0. The molecule has 15 nitrogen and oxygen atoms in total. The van der Waals surface area contributed by atoms with E-state index < -0.39 is 83.1 Å². The van der Waals surface area contributed by atoms with E-state index in [0.29, 0.717) is 12.8 Å².